The Labute approximate surface area is 174 Å². The van der Waals surface area contributed by atoms with E-state index in [9.17, 15) is 14.8 Å². The van der Waals surface area contributed by atoms with Crippen molar-refractivity contribution >= 4 is 12.1 Å². The smallest absolute Gasteiger partial charge is 0.407 e. The molecule has 30 heavy (non-hydrogen) atoms. The first-order valence-corrected chi connectivity index (χ1v) is 10.7. The van der Waals surface area contributed by atoms with Gasteiger partial charge in [-0.3, -0.25) is 5.21 Å². The van der Waals surface area contributed by atoms with Crippen LogP contribution < -0.4 is 5.32 Å². The van der Waals surface area contributed by atoms with Crippen LogP contribution in [0.4, 0.5) is 9.59 Å². The molecule has 2 aliphatic heterocycles. The topological polar surface area (TPSA) is 121 Å². The molecule has 0 radical (unpaired) electrons. The van der Waals surface area contributed by atoms with Crippen molar-refractivity contribution in [2.24, 2.45) is 11.3 Å². The zero-order valence-corrected chi connectivity index (χ0v) is 17.6. The zero-order valence-electron chi connectivity index (χ0n) is 17.6. The number of nitrogens with zero attached hydrogens (tertiary/aromatic N) is 4. The monoisotopic (exact) mass is 419 g/mol. The van der Waals surface area contributed by atoms with Crippen LogP contribution in [0.3, 0.4) is 0 Å². The van der Waals surface area contributed by atoms with Gasteiger partial charge in [-0.1, -0.05) is 0 Å². The minimum Gasteiger partial charge on any atom is -0.444 e. The summed E-state index contributed by atoms with van der Waals surface area (Å²) in [5.41, 5.74) is -0.513. The molecule has 2 aliphatic carbocycles. The third-order valence-electron chi connectivity index (χ3n) is 6.87. The summed E-state index contributed by atoms with van der Waals surface area (Å²) >= 11 is 0. The van der Waals surface area contributed by atoms with Gasteiger partial charge in [0.2, 0.25) is 11.8 Å². The maximum atomic E-state index is 12.4. The fourth-order valence-corrected chi connectivity index (χ4v) is 5.10. The first-order chi connectivity index (χ1) is 14.1. The summed E-state index contributed by atoms with van der Waals surface area (Å²) in [6.45, 7) is 6.04. The number of carbonyl (C=O) groups is 2. The van der Waals surface area contributed by atoms with Gasteiger partial charge in [-0.25, -0.2) is 14.7 Å². The second kappa shape index (κ2) is 6.57. The molecular formula is C20H29N5O5. The van der Waals surface area contributed by atoms with Crippen LogP contribution in [0, 0.1) is 11.3 Å². The lowest BCUT2D eigenvalue weighted by molar-refractivity contribution is -0.0783. The Morgan fingerprint density at radius 1 is 1.33 bits per heavy atom. The van der Waals surface area contributed by atoms with Gasteiger partial charge in [0.05, 0.1) is 6.04 Å². The van der Waals surface area contributed by atoms with Crippen molar-refractivity contribution in [3.8, 4) is 0 Å². The number of aromatic nitrogens is 2. The SMILES string of the molecule is CC(C)(C)OC(=O)NC1CC(Cc2nnc([C@@H]3CC4(CC4)[C@@H]4CN3C(=O)N4O)o2)C1. The van der Waals surface area contributed by atoms with Crippen LogP contribution in [0.1, 0.15) is 70.7 Å². The highest BCUT2D eigenvalue weighted by Crippen LogP contribution is 2.61. The van der Waals surface area contributed by atoms with Crippen LogP contribution in [0.25, 0.3) is 0 Å². The van der Waals surface area contributed by atoms with E-state index in [1.807, 2.05) is 20.8 Å². The first-order valence-electron chi connectivity index (χ1n) is 10.7. The number of hydrogen-bond donors (Lipinski definition) is 2. The van der Waals surface area contributed by atoms with Crippen molar-refractivity contribution in [3.05, 3.63) is 11.8 Å². The lowest BCUT2D eigenvalue weighted by Crippen LogP contribution is -2.46. The number of nitrogens with one attached hydrogen (secondary N) is 1. The Morgan fingerprint density at radius 3 is 2.73 bits per heavy atom. The fourth-order valence-electron chi connectivity index (χ4n) is 5.10. The molecule has 0 aromatic carbocycles. The number of fused-ring (bicyclic) bond motifs is 3. The molecule has 3 heterocycles. The Hall–Kier alpha value is -2.36. The Morgan fingerprint density at radius 2 is 2.07 bits per heavy atom. The van der Waals surface area contributed by atoms with Crippen LogP contribution in [0.15, 0.2) is 4.42 Å². The number of rotatable bonds is 4. The Kier molecular flexibility index (Phi) is 4.29. The van der Waals surface area contributed by atoms with Crippen molar-refractivity contribution in [3.63, 3.8) is 0 Å². The molecule has 4 fully saturated rings. The predicted octanol–water partition coefficient (Wildman–Crippen LogP) is 2.64. The summed E-state index contributed by atoms with van der Waals surface area (Å²) in [6.07, 6.45) is 4.74. The third kappa shape index (κ3) is 3.40. The summed E-state index contributed by atoms with van der Waals surface area (Å²) in [5.74, 6) is 1.39. The molecule has 2 atom stereocenters. The average molecular weight is 419 g/mol. The maximum Gasteiger partial charge on any atom is 0.407 e. The highest BCUT2D eigenvalue weighted by Gasteiger charge is 2.63. The van der Waals surface area contributed by atoms with Crippen molar-refractivity contribution in [1.29, 1.82) is 0 Å². The first kappa shape index (κ1) is 19.6. The summed E-state index contributed by atoms with van der Waals surface area (Å²) in [7, 11) is 0. The molecule has 2 bridgehead atoms. The van der Waals surface area contributed by atoms with Crippen LogP contribution in [0.2, 0.25) is 0 Å². The molecule has 4 aliphatic rings. The molecular weight excluding hydrogens is 390 g/mol. The largest absolute Gasteiger partial charge is 0.444 e. The lowest BCUT2D eigenvalue weighted by Gasteiger charge is -2.35. The van der Waals surface area contributed by atoms with Crippen molar-refractivity contribution in [1.82, 2.24) is 25.5 Å². The molecule has 2 saturated carbocycles. The van der Waals surface area contributed by atoms with Gasteiger partial charge < -0.3 is 19.4 Å². The molecule has 10 nitrogen and oxygen atoms in total. The van der Waals surface area contributed by atoms with E-state index < -0.39 is 5.60 Å². The van der Waals surface area contributed by atoms with Crippen LogP contribution in [-0.2, 0) is 11.2 Å². The number of alkyl carbamates (subject to hydrolysis) is 1. The van der Waals surface area contributed by atoms with Gasteiger partial charge in [-0.2, -0.15) is 0 Å². The van der Waals surface area contributed by atoms with E-state index >= 15 is 0 Å². The molecule has 2 N–H and O–H groups in total. The van der Waals surface area contributed by atoms with E-state index in [1.54, 1.807) is 4.90 Å². The zero-order chi connectivity index (χ0) is 21.3. The number of hydrogen-bond acceptors (Lipinski definition) is 7. The van der Waals surface area contributed by atoms with E-state index in [0.717, 1.165) is 37.2 Å². The van der Waals surface area contributed by atoms with Gasteiger partial charge in [-0.05, 0) is 64.2 Å². The molecule has 10 heteroatoms. The van der Waals surface area contributed by atoms with Crippen molar-refractivity contribution in [2.45, 2.75) is 83.0 Å². The molecule has 5 rings (SSSR count). The number of amides is 3. The van der Waals surface area contributed by atoms with Crippen LogP contribution >= 0.6 is 0 Å². The number of ether oxygens (including phenoxy) is 1. The second-order valence-electron chi connectivity index (χ2n) is 10.3. The quantitative estimate of drug-likeness (QED) is 0.720. The molecule has 164 valence electrons. The van der Waals surface area contributed by atoms with E-state index in [2.05, 4.69) is 15.5 Å². The minimum absolute atomic E-state index is 0.00869. The summed E-state index contributed by atoms with van der Waals surface area (Å²) in [5, 5.41) is 22.4. The van der Waals surface area contributed by atoms with Crippen molar-refractivity contribution in [2.75, 3.05) is 6.54 Å². The highest BCUT2D eigenvalue weighted by molar-refractivity contribution is 5.77. The molecule has 0 unspecified atom stereocenters. The maximum absolute atomic E-state index is 12.4. The van der Waals surface area contributed by atoms with Gasteiger partial charge in [-0.15, -0.1) is 10.2 Å². The molecule has 1 spiro atoms. The summed E-state index contributed by atoms with van der Waals surface area (Å²) in [6, 6.07) is -0.649. The second-order valence-corrected chi connectivity index (χ2v) is 10.3. The van der Waals surface area contributed by atoms with E-state index in [1.165, 1.54) is 0 Å². The summed E-state index contributed by atoms with van der Waals surface area (Å²) < 4.78 is 11.2. The Balaban J connectivity index is 1.16. The normalized spacial score (nSPS) is 31.7. The Bertz CT molecular complexity index is 854. The number of carbonyl (C=O) groups excluding carboxylic acids is 2. The molecule has 2 saturated heterocycles. The number of urea groups is 1. The fraction of sp³-hybridized carbons (Fsp3) is 0.800. The minimum atomic E-state index is -0.505. The summed E-state index contributed by atoms with van der Waals surface area (Å²) in [4.78, 5) is 25.9. The van der Waals surface area contributed by atoms with Gasteiger partial charge in [0, 0.05) is 19.0 Å². The van der Waals surface area contributed by atoms with Gasteiger partial charge in [0.15, 0.2) is 0 Å². The molecule has 1 aromatic rings. The van der Waals surface area contributed by atoms with E-state index in [-0.39, 0.29) is 35.7 Å². The van der Waals surface area contributed by atoms with Gasteiger partial charge in [0.25, 0.3) is 0 Å². The average Bonchev–Trinajstić information content (AvgIpc) is 3.13. The van der Waals surface area contributed by atoms with Crippen molar-refractivity contribution < 1.29 is 24.0 Å². The number of hydroxylamine groups is 2. The van der Waals surface area contributed by atoms with Crippen LogP contribution in [0.5, 0.6) is 0 Å². The number of piperidine rings is 1. The van der Waals surface area contributed by atoms with E-state index in [0.29, 0.717) is 30.7 Å². The third-order valence-corrected chi connectivity index (χ3v) is 6.87. The lowest BCUT2D eigenvalue weighted by atomic mass is 9.78. The highest BCUT2D eigenvalue weighted by atomic mass is 16.6. The van der Waals surface area contributed by atoms with E-state index in [4.69, 9.17) is 9.15 Å². The van der Waals surface area contributed by atoms with Crippen LogP contribution in [-0.4, -0.2) is 61.7 Å². The van der Waals surface area contributed by atoms with Gasteiger partial charge in [0.1, 0.15) is 11.6 Å². The molecule has 1 aromatic heterocycles. The predicted molar refractivity (Wildman–Crippen MR) is 102 cm³/mol. The van der Waals surface area contributed by atoms with Gasteiger partial charge >= 0.3 is 12.1 Å². The molecule has 3 amide bonds. The standard InChI is InChI=1S/C20H29N5O5/c1-19(2,3)30-17(26)21-12-6-11(7-12)8-15-22-23-16(29-15)13-9-20(4-5-20)14-10-24(13)18(27)25(14)28/h11-14,28H,4-10H2,1-3H3,(H,21,26)/t11?,12?,13-,14-/m0/s1.